The standard InChI is InChI=1S/C17H18BrNO3/c1-11(12-7-9-13(18)10-8-12)19-17(20)16-14(21-2)5-4-6-15(16)22-3/h4-11H,1-3H3,(H,19,20)/t11-/m0/s1. The number of methoxy groups -OCH3 is 2. The molecule has 0 saturated carbocycles. The van der Waals surface area contributed by atoms with E-state index in [9.17, 15) is 4.79 Å². The summed E-state index contributed by atoms with van der Waals surface area (Å²) in [4.78, 5) is 12.6. The van der Waals surface area contributed by atoms with Crippen molar-refractivity contribution in [3.63, 3.8) is 0 Å². The summed E-state index contributed by atoms with van der Waals surface area (Å²) < 4.78 is 11.5. The number of rotatable bonds is 5. The first kappa shape index (κ1) is 16.4. The van der Waals surface area contributed by atoms with E-state index in [0.717, 1.165) is 10.0 Å². The fraction of sp³-hybridized carbons (Fsp3) is 0.235. The van der Waals surface area contributed by atoms with Crippen LogP contribution in [-0.2, 0) is 0 Å². The SMILES string of the molecule is COc1cccc(OC)c1C(=O)N[C@@H](C)c1ccc(Br)cc1. The number of benzene rings is 2. The van der Waals surface area contributed by atoms with Gasteiger partial charge < -0.3 is 14.8 Å². The molecule has 0 spiro atoms. The Balaban J connectivity index is 2.23. The second-order valence-electron chi connectivity index (χ2n) is 4.78. The zero-order chi connectivity index (χ0) is 16.1. The van der Waals surface area contributed by atoms with Crippen LogP contribution in [0.4, 0.5) is 0 Å². The highest BCUT2D eigenvalue weighted by Crippen LogP contribution is 2.28. The zero-order valence-electron chi connectivity index (χ0n) is 12.7. The van der Waals surface area contributed by atoms with Crippen LogP contribution in [0.15, 0.2) is 46.9 Å². The average molecular weight is 364 g/mol. The Bertz CT molecular complexity index is 633. The molecule has 0 fully saturated rings. The van der Waals surface area contributed by atoms with Crippen molar-refractivity contribution < 1.29 is 14.3 Å². The summed E-state index contributed by atoms with van der Waals surface area (Å²) in [6, 6.07) is 13.0. The average Bonchev–Trinajstić information content (AvgIpc) is 2.54. The molecule has 116 valence electrons. The van der Waals surface area contributed by atoms with E-state index in [1.807, 2.05) is 31.2 Å². The monoisotopic (exact) mass is 363 g/mol. The normalized spacial score (nSPS) is 11.6. The fourth-order valence-electron chi connectivity index (χ4n) is 2.18. The molecule has 0 bridgehead atoms. The molecule has 0 aliphatic heterocycles. The van der Waals surface area contributed by atoms with Crippen LogP contribution in [0.1, 0.15) is 28.9 Å². The summed E-state index contributed by atoms with van der Waals surface area (Å²) in [5, 5.41) is 2.97. The fourth-order valence-corrected chi connectivity index (χ4v) is 2.44. The van der Waals surface area contributed by atoms with E-state index in [1.54, 1.807) is 18.2 Å². The maximum absolute atomic E-state index is 12.6. The first-order valence-electron chi connectivity index (χ1n) is 6.84. The molecule has 0 aromatic heterocycles. The van der Waals surface area contributed by atoms with Gasteiger partial charge >= 0.3 is 0 Å². The number of amides is 1. The maximum Gasteiger partial charge on any atom is 0.259 e. The van der Waals surface area contributed by atoms with Gasteiger partial charge in [-0.2, -0.15) is 0 Å². The van der Waals surface area contributed by atoms with Gasteiger partial charge in [0.25, 0.3) is 5.91 Å². The van der Waals surface area contributed by atoms with Crippen molar-refractivity contribution in [2.45, 2.75) is 13.0 Å². The van der Waals surface area contributed by atoms with Crippen molar-refractivity contribution in [1.29, 1.82) is 0 Å². The van der Waals surface area contributed by atoms with Crippen LogP contribution in [0.3, 0.4) is 0 Å². The molecule has 2 aromatic rings. The smallest absolute Gasteiger partial charge is 0.259 e. The lowest BCUT2D eigenvalue weighted by Crippen LogP contribution is -2.27. The lowest BCUT2D eigenvalue weighted by Gasteiger charge is -2.17. The lowest BCUT2D eigenvalue weighted by molar-refractivity contribution is 0.0933. The Hall–Kier alpha value is -2.01. The maximum atomic E-state index is 12.6. The summed E-state index contributed by atoms with van der Waals surface area (Å²) >= 11 is 3.40. The first-order chi connectivity index (χ1) is 10.6. The number of ether oxygens (including phenoxy) is 2. The van der Waals surface area contributed by atoms with E-state index in [0.29, 0.717) is 17.1 Å². The molecule has 2 rings (SSSR count). The number of hydrogen-bond donors (Lipinski definition) is 1. The molecule has 4 nitrogen and oxygen atoms in total. The van der Waals surface area contributed by atoms with Crippen LogP contribution in [-0.4, -0.2) is 20.1 Å². The summed E-state index contributed by atoms with van der Waals surface area (Å²) in [5.41, 5.74) is 1.42. The predicted molar refractivity (Wildman–Crippen MR) is 89.6 cm³/mol. The predicted octanol–water partition coefficient (Wildman–Crippen LogP) is 3.96. The van der Waals surface area contributed by atoms with Gasteiger partial charge in [0.2, 0.25) is 0 Å². The van der Waals surface area contributed by atoms with Crippen LogP contribution >= 0.6 is 15.9 Å². The van der Waals surface area contributed by atoms with Crippen molar-refractivity contribution in [2.24, 2.45) is 0 Å². The van der Waals surface area contributed by atoms with E-state index >= 15 is 0 Å². The Morgan fingerprint density at radius 2 is 1.59 bits per heavy atom. The van der Waals surface area contributed by atoms with Gasteiger partial charge in [-0.15, -0.1) is 0 Å². The minimum Gasteiger partial charge on any atom is -0.496 e. The molecule has 1 atom stereocenters. The molecule has 0 unspecified atom stereocenters. The molecule has 0 heterocycles. The van der Waals surface area contributed by atoms with Gasteiger partial charge in [-0.25, -0.2) is 0 Å². The van der Waals surface area contributed by atoms with E-state index in [-0.39, 0.29) is 11.9 Å². The molecule has 2 aromatic carbocycles. The van der Waals surface area contributed by atoms with Gasteiger partial charge in [0, 0.05) is 4.47 Å². The van der Waals surface area contributed by atoms with Crippen molar-refractivity contribution in [3.8, 4) is 11.5 Å². The second-order valence-corrected chi connectivity index (χ2v) is 5.70. The Morgan fingerprint density at radius 3 is 2.09 bits per heavy atom. The quantitative estimate of drug-likeness (QED) is 0.874. The van der Waals surface area contributed by atoms with Gasteiger partial charge in [0.05, 0.1) is 20.3 Å². The molecular formula is C17H18BrNO3. The van der Waals surface area contributed by atoms with E-state index in [1.165, 1.54) is 14.2 Å². The van der Waals surface area contributed by atoms with E-state index < -0.39 is 0 Å². The first-order valence-corrected chi connectivity index (χ1v) is 7.63. The van der Waals surface area contributed by atoms with Crippen molar-refractivity contribution in [2.75, 3.05) is 14.2 Å². The lowest BCUT2D eigenvalue weighted by atomic mass is 10.1. The van der Waals surface area contributed by atoms with Crippen LogP contribution in [0.5, 0.6) is 11.5 Å². The van der Waals surface area contributed by atoms with Crippen LogP contribution < -0.4 is 14.8 Å². The van der Waals surface area contributed by atoms with Crippen molar-refractivity contribution in [3.05, 3.63) is 58.1 Å². The highest BCUT2D eigenvalue weighted by Gasteiger charge is 2.20. The topological polar surface area (TPSA) is 47.6 Å². The minimum atomic E-state index is -0.232. The molecular weight excluding hydrogens is 346 g/mol. The summed E-state index contributed by atoms with van der Waals surface area (Å²) in [6.45, 7) is 1.93. The molecule has 0 aliphatic carbocycles. The molecule has 22 heavy (non-hydrogen) atoms. The van der Waals surface area contributed by atoms with Crippen LogP contribution in [0.2, 0.25) is 0 Å². The highest BCUT2D eigenvalue weighted by atomic mass is 79.9. The highest BCUT2D eigenvalue weighted by molar-refractivity contribution is 9.10. The van der Waals surface area contributed by atoms with Gasteiger partial charge in [-0.1, -0.05) is 34.1 Å². The second kappa shape index (κ2) is 7.31. The zero-order valence-corrected chi connectivity index (χ0v) is 14.3. The largest absolute Gasteiger partial charge is 0.496 e. The van der Waals surface area contributed by atoms with Gasteiger partial charge in [0.15, 0.2) is 0 Å². The van der Waals surface area contributed by atoms with Crippen LogP contribution in [0.25, 0.3) is 0 Å². The minimum absolute atomic E-state index is 0.129. The number of hydrogen-bond acceptors (Lipinski definition) is 3. The van der Waals surface area contributed by atoms with Crippen molar-refractivity contribution in [1.82, 2.24) is 5.32 Å². The Labute approximate surface area is 138 Å². The summed E-state index contributed by atoms with van der Waals surface area (Å²) in [7, 11) is 3.06. The summed E-state index contributed by atoms with van der Waals surface area (Å²) in [6.07, 6.45) is 0. The van der Waals surface area contributed by atoms with Gasteiger partial charge in [0.1, 0.15) is 17.1 Å². The van der Waals surface area contributed by atoms with Gasteiger partial charge in [-0.3, -0.25) is 4.79 Å². The number of carbonyl (C=O) groups excluding carboxylic acids is 1. The van der Waals surface area contributed by atoms with E-state index in [2.05, 4.69) is 21.2 Å². The molecule has 0 saturated heterocycles. The molecule has 5 heteroatoms. The summed E-state index contributed by atoms with van der Waals surface area (Å²) in [5.74, 6) is 0.740. The Kier molecular flexibility index (Phi) is 5.44. The van der Waals surface area contributed by atoms with Gasteiger partial charge in [-0.05, 0) is 36.8 Å². The Morgan fingerprint density at radius 1 is 1.05 bits per heavy atom. The van der Waals surface area contributed by atoms with E-state index in [4.69, 9.17) is 9.47 Å². The molecule has 0 aliphatic rings. The van der Waals surface area contributed by atoms with Crippen LogP contribution in [0, 0.1) is 0 Å². The third-order valence-electron chi connectivity index (χ3n) is 3.37. The number of nitrogens with one attached hydrogen (secondary N) is 1. The third kappa shape index (κ3) is 3.60. The molecule has 1 N–H and O–H groups in total. The third-order valence-corrected chi connectivity index (χ3v) is 3.90. The molecule has 1 amide bonds. The number of halogens is 1. The number of carbonyl (C=O) groups is 1. The molecule has 0 radical (unpaired) electrons. The van der Waals surface area contributed by atoms with Crippen molar-refractivity contribution >= 4 is 21.8 Å².